The third kappa shape index (κ3) is 2.18. The normalized spacial score (nSPS) is 24.6. The topological polar surface area (TPSA) is 125 Å². The molecule has 0 bridgehead atoms. The second-order valence-corrected chi connectivity index (χ2v) is 6.93. The maximum absolute atomic E-state index is 12.8. The molecule has 4 amide bonds. The molecule has 136 valence electrons. The number of nitro benzene ring substituents is 1. The number of amides is 4. The summed E-state index contributed by atoms with van der Waals surface area (Å²) in [6.45, 7) is 1.76. The van der Waals surface area contributed by atoms with Crippen molar-refractivity contribution in [2.45, 2.75) is 12.5 Å². The largest absolute Gasteiger partial charge is 0.364 e. The van der Waals surface area contributed by atoms with Gasteiger partial charge in [-0.15, -0.1) is 0 Å². The molecule has 1 atom stereocenters. The quantitative estimate of drug-likeness (QED) is 0.398. The fraction of sp³-hybridized carbons (Fsp3) is 0.438. The van der Waals surface area contributed by atoms with Gasteiger partial charge in [0.05, 0.1) is 11.0 Å². The zero-order valence-corrected chi connectivity index (χ0v) is 14.0. The number of likely N-dealkylation sites (N-methyl/N-ethyl adjacent to an activating group) is 1. The van der Waals surface area contributed by atoms with Gasteiger partial charge in [-0.25, -0.2) is 4.79 Å². The lowest BCUT2D eigenvalue weighted by Crippen LogP contribution is -2.74. The SMILES string of the molecule is CN1CCN2c3ccc([N+](=O)[O-])cc3CC3(C(=O)NC(=O)NC3=O)C2C1. The summed E-state index contributed by atoms with van der Waals surface area (Å²) in [5.74, 6) is -1.32. The molecule has 3 heterocycles. The summed E-state index contributed by atoms with van der Waals surface area (Å²) in [7, 11) is 1.90. The van der Waals surface area contributed by atoms with Crippen molar-refractivity contribution in [2.75, 3.05) is 31.6 Å². The van der Waals surface area contributed by atoms with Crippen LogP contribution in [0.2, 0.25) is 0 Å². The van der Waals surface area contributed by atoms with Gasteiger partial charge in [-0.3, -0.25) is 30.3 Å². The number of carbonyl (C=O) groups excluding carboxylic acids is 3. The summed E-state index contributed by atoms with van der Waals surface area (Å²) >= 11 is 0. The van der Waals surface area contributed by atoms with Crippen LogP contribution < -0.4 is 15.5 Å². The third-order valence-electron chi connectivity index (χ3n) is 5.47. The zero-order valence-electron chi connectivity index (χ0n) is 14.0. The Morgan fingerprint density at radius 2 is 1.88 bits per heavy atom. The molecule has 10 heteroatoms. The molecule has 0 aliphatic carbocycles. The Bertz CT molecular complexity index is 833. The minimum atomic E-state index is -1.51. The number of piperazine rings is 1. The van der Waals surface area contributed by atoms with Gasteiger partial charge < -0.3 is 9.80 Å². The second kappa shape index (κ2) is 5.49. The van der Waals surface area contributed by atoms with E-state index in [1.807, 2.05) is 16.8 Å². The summed E-state index contributed by atoms with van der Waals surface area (Å²) in [5, 5.41) is 15.5. The van der Waals surface area contributed by atoms with E-state index in [0.29, 0.717) is 18.7 Å². The first kappa shape index (κ1) is 16.5. The van der Waals surface area contributed by atoms with Gasteiger partial charge in [0.15, 0.2) is 5.41 Å². The van der Waals surface area contributed by atoms with Crippen LogP contribution in [0.5, 0.6) is 0 Å². The number of carbonyl (C=O) groups is 3. The highest BCUT2D eigenvalue weighted by Crippen LogP contribution is 2.45. The molecule has 2 fully saturated rings. The first-order valence-electron chi connectivity index (χ1n) is 8.22. The van der Waals surface area contributed by atoms with Gasteiger partial charge in [0.1, 0.15) is 0 Å². The van der Waals surface area contributed by atoms with Crippen LogP contribution in [0.15, 0.2) is 18.2 Å². The Labute approximate surface area is 148 Å². The molecule has 3 aliphatic heterocycles. The fourth-order valence-electron chi connectivity index (χ4n) is 4.18. The van der Waals surface area contributed by atoms with E-state index < -0.39 is 34.2 Å². The second-order valence-electron chi connectivity index (χ2n) is 6.93. The molecule has 4 rings (SSSR count). The highest BCUT2D eigenvalue weighted by molar-refractivity contribution is 6.20. The Balaban J connectivity index is 1.88. The van der Waals surface area contributed by atoms with Crippen LogP contribution in [0.3, 0.4) is 0 Å². The van der Waals surface area contributed by atoms with Crippen molar-refractivity contribution in [3.8, 4) is 0 Å². The number of urea groups is 1. The smallest absolute Gasteiger partial charge is 0.328 e. The molecule has 0 aromatic heterocycles. The van der Waals surface area contributed by atoms with Crippen LogP contribution in [-0.2, 0) is 16.0 Å². The summed E-state index contributed by atoms with van der Waals surface area (Å²) in [4.78, 5) is 51.8. The van der Waals surface area contributed by atoms with E-state index in [1.165, 1.54) is 12.1 Å². The Kier molecular flexibility index (Phi) is 3.48. The lowest BCUT2D eigenvalue weighted by atomic mass is 9.68. The molecular formula is C16H17N5O5. The number of anilines is 1. The molecule has 3 aliphatic rings. The maximum atomic E-state index is 12.8. The van der Waals surface area contributed by atoms with Gasteiger partial charge in [0.2, 0.25) is 11.8 Å². The van der Waals surface area contributed by atoms with Crippen molar-refractivity contribution in [3.05, 3.63) is 33.9 Å². The highest BCUT2D eigenvalue weighted by Gasteiger charge is 2.60. The van der Waals surface area contributed by atoms with E-state index in [9.17, 15) is 24.5 Å². The molecule has 10 nitrogen and oxygen atoms in total. The monoisotopic (exact) mass is 359 g/mol. The van der Waals surface area contributed by atoms with E-state index in [-0.39, 0.29) is 12.1 Å². The third-order valence-corrected chi connectivity index (χ3v) is 5.47. The van der Waals surface area contributed by atoms with Crippen LogP contribution in [0.1, 0.15) is 5.56 Å². The van der Waals surface area contributed by atoms with E-state index >= 15 is 0 Å². The Morgan fingerprint density at radius 3 is 2.54 bits per heavy atom. The van der Waals surface area contributed by atoms with Crippen LogP contribution in [0.4, 0.5) is 16.2 Å². The zero-order chi connectivity index (χ0) is 18.6. The average molecular weight is 359 g/mol. The average Bonchev–Trinajstić information content (AvgIpc) is 2.58. The number of hydrogen-bond acceptors (Lipinski definition) is 7. The Morgan fingerprint density at radius 1 is 1.19 bits per heavy atom. The van der Waals surface area contributed by atoms with Crippen molar-refractivity contribution in [3.63, 3.8) is 0 Å². The number of nitrogens with zero attached hydrogens (tertiary/aromatic N) is 3. The van der Waals surface area contributed by atoms with Crippen LogP contribution >= 0.6 is 0 Å². The molecule has 1 spiro atoms. The number of nitro groups is 1. The molecule has 0 radical (unpaired) electrons. The molecular weight excluding hydrogens is 342 g/mol. The molecule has 1 aromatic carbocycles. The number of fused-ring (bicyclic) bond motifs is 4. The summed E-state index contributed by atoms with van der Waals surface area (Å²) in [6.07, 6.45) is 0.00394. The minimum Gasteiger partial charge on any atom is -0.364 e. The van der Waals surface area contributed by atoms with Gasteiger partial charge in [0.25, 0.3) is 5.69 Å². The van der Waals surface area contributed by atoms with E-state index in [4.69, 9.17) is 0 Å². The number of hydrogen-bond donors (Lipinski definition) is 2. The van der Waals surface area contributed by atoms with Gasteiger partial charge in [-0.1, -0.05) is 0 Å². The molecule has 1 unspecified atom stereocenters. The van der Waals surface area contributed by atoms with E-state index in [2.05, 4.69) is 10.6 Å². The van der Waals surface area contributed by atoms with E-state index in [0.717, 1.165) is 12.2 Å². The maximum Gasteiger partial charge on any atom is 0.328 e. The summed E-state index contributed by atoms with van der Waals surface area (Å²) in [6, 6.07) is 3.19. The standard InChI is InChI=1S/C16H17N5O5/c1-19-4-5-20-11-3-2-10(21(25)26)6-9(11)7-16(12(20)8-19)13(22)17-15(24)18-14(16)23/h2-3,6,12H,4-5,7-8H2,1H3,(H2,17,18,22,23,24). The van der Waals surface area contributed by atoms with Crippen LogP contribution in [-0.4, -0.2) is 60.4 Å². The number of benzene rings is 1. The summed E-state index contributed by atoms with van der Waals surface area (Å²) in [5.41, 5.74) is -0.263. The molecule has 1 aromatic rings. The molecule has 26 heavy (non-hydrogen) atoms. The van der Waals surface area contributed by atoms with Gasteiger partial charge in [-0.05, 0) is 18.7 Å². The van der Waals surface area contributed by atoms with Crippen LogP contribution in [0, 0.1) is 15.5 Å². The van der Waals surface area contributed by atoms with Gasteiger partial charge >= 0.3 is 6.03 Å². The van der Waals surface area contributed by atoms with Crippen molar-refractivity contribution >= 4 is 29.2 Å². The van der Waals surface area contributed by atoms with Crippen LogP contribution in [0.25, 0.3) is 0 Å². The molecule has 2 saturated heterocycles. The van der Waals surface area contributed by atoms with Gasteiger partial charge in [-0.2, -0.15) is 0 Å². The van der Waals surface area contributed by atoms with Crippen molar-refractivity contribution in [1.29, 1.82) is 0 Å². The number of nitrogens with one attached hydrogen (secondary N) is 2. The molecule has 2 N–H and O–H groups in total. The van der Waals surface area contributed by atoms with E-state index in [1.54, 1.807) is 6.07 Å². The number of barbiturate groups is 1. The van der Waals surface area contributed by atoms with Crippen molar-refractivity contribution in [2.24, 2.45) is 5.41 Å². The number of non-ortho nitro benzene ring substituents is 1. The molecule has 0 saturated carbocycles. The number of imide groups is 2. The predicted molar refractivity (Wildman–Crippen MR) is 89.5 cm³/mol. The lowest BCUT2D eigenvalue weighted by molar-refractivity contribution is -0.384. The predicted octanol–water partition coefficient (Wildman–Crippen LogP) is -0.376. The fourth-order valence-corrected chi connectivity index (χ4v) is 4.18. The van der Waals surface area contributed by atoms with Crippen molar-refractivity contribution in [1.82, 2.24) is 15.5 Å². The van der Waals surface area contributed by atoms with Gasteiger partial charge in [0, 0.05) is 43.9 Å². The Hall–Kier alpha value is -3.01. The summed E-state index contributed by atoms with van der Waals surface area (Å²) < 4.78 is 0. The van der Waals surface area contributed by atoms with Crippen molar-refractivity contribution < 1.29 is 19.3 Å². The first-order chi connectivity index (χ1) is 12.3. The first-order valence-corrected chi connectivity index (χ1v) is 8.22. The lowest BCUT2D eigenvalue weighted by Gasteiger charge is -2.53. The minimum absolute atomic E-state index is 0.00394. The number of rotatable bonds is 1. The highest BCUT2D eigenvalue weighted by atomic mass is 16.6.